The molecule has 2 aromatic rings. The average Bonchev–Trinajstić information content (AvgIpc) is 2.95. The Morgan fingerprint density at radius 2 is 1.89 bits per heavy atom. The quantitative estimate of drug-likeness (QED) is 0.617. The number of H-pyrrole nitrogens is 1. The van der Waals surface area contributed by atoms with Crippen molar-refractivity contribution in [1.29, 1.82) is 0 Å². The summed E-state index contributed by atoms with van der Waals surface area (Å²) >= 11 is 0. The smallest absolute Gasteiger partial charge is 0.312 e. The minimum Gasteiger partial charge on any atom is -0.345 e. The largest absolute Gasteiger partial charge is 0.345 e. The molecule has 2 heterocycles. The molecule has 0 atom stereocenters. The standard InChI is InChI=1S/C21H25FN4O2/c22-17-10-6-5-9-15(17)19-16-13-26(12-11-18(16)24-25-19)21(28)20(27)23-14-7-3-1-2-4-8-14/h5-6,9-10,14H,1-4,7-8,11-13H2,(H,23,27)(H,24,25). The Labute approximate surface area is 163 Å². The minimum absolute atomic E-state index is 0.0854. The summed E-state index contributed by atoms with van der Waals surface area (Å²) in [5.41, 5.74) is 2.59. The second kappa shape index (κ2) is 8.12. The molecule has 1 aromatic carbocycles. The molecule has 1 aliphatic heterocycles. The van der Waals surface area contributed by atoms with Crippen molar-refractivity contribution in [2.75, 3.05) is 6.54 Å². The minimum atomic E-state index is -0.536. The average molecular weight is 384 g/mol. The number of carbonyl (C=O) groups is 2. The molecule has 0 saturated heterocycles. The maximum atomic E-state index is 14.2. The molecule has 4 rings (SSSR count). The van der Waals surface area contributed by atoms with Crippen molar-refractivity contribution in [1.82, 2.24) is 20.4 Å². The molecule has 0 radical (unpaired) electrons. The lowest BCUT2D eigenvalue weighted by atomic mass is 10.0. The number of aromatic nitrogens is 2. The van der Waals surface area contributed by atoms with Gasteiger partial charge in [-0.25, -0.2) is 4.39 Å². The fourth-order valence-corrected chi connectivity index (χ4v) is 4.16. The third-order valence-corrected chi connectivity index (χ3v) is 5.73. The number of rotatable bonds is 2. The number of fused-ring (bicyclic) bond motifs is 1. The Morgan fingerprint density at radius 1 is 1.14 bits per heavy atom. The molecule has 28 heavy (non-hydrogen) atoms. The zero-order valence-corrected chi connectivity index (χ0v) is 15.8. The van der Waals surface area contributed by atoms with Crippen LogP contribution in [0.15, 0.2) is 24.3 Å². The summed E-state index contributed by atoms with van der Waals surface area (Å²) in [5, 5.41) is 10.1. The highest BCUT2D eigenvalue weighted by molar-refractivity contribution is 6.35. The predicted octanol–water partition coefficient (Wildman–Crippen LogP) is 2.94. The Bertz CT molecular complexity index is 871. The molecule has 7 heteroatoms. The van der Waals surface area contributed by atoms with Crippen molar-refractivity contribution in [3.8, 4) is 11.3 Å². The highest BCUT2D eigenvalue weighted by Gasteiger charge is 2.30. The molecule has 1 saturated carbocycles. The highest BCUT2D eigenvalue weighted by atomic mass is 19.1. The van der Waals surface area contributed by atoms with E-state index < -0.39 is 11.8 Å². The summed E-state index contributed by atoms with van der Waals surface area (Å²) in [6, 6.07) is 6.53. The van der Waals surface area contributed by atoms with E-state index in [0.29, 0.717) is 24.2 Å². The summed E-state index contributed by atoms with van der Waals surface area (Å²) in [6.45, 7) is 0.704. The molecule has 0 unspecified atom stereocenters. The van der Waals surface area contributed by atoms with Crippen molar-refractivity contribution in [2.24, 2.45) is 0 Å². The molecular formula is C21H25FN4O2. The first-order valence-electron chi connectivity index (χ1n) is 10.0. The van der Waals surface area contributed by atoms with Crippen molar-refractivity contribution in [2.45, 2.75) is 57.5 Å². The van der Waals surface area contributed by atoms with Crippen LogP contribution < -0.4 is 5.32 Å². The van der Waals surface area contributed by atoms with Crippen LogP contribution in [0.4, 0.5) is 4.39 Å². The van der Waals surface area contributed by atoms with Gasteiger partial charge < -0.3 is 10.2 Å². The van der Waals surface area contributed by atoms with Crippen molar-refractivity contribution < 1.29 is 14.0 Å². The molecule has 0 spiro atoms. The summed E-state index contributed by atoms with van der Waals surface area (Å²) in [7, 11) is 0. The highest BCUT2D eigenvalue weighted by Crippen LogP contribution is 2.30. The lowest BCUT2D eigenvalue weighted by Gasteiger charge is -2.27. The number of benzene rings is 1. The van der Waals surface area contributed by atoms with Gasteiger partial charge in [-0.3, -0.25) is 14.7 Å². The van der Waals surface area contributed by atoms with Gasteiger partial charge in [0.2, 0.25) is 0 Å². The third kappa shape index (κ3) is 3.79. The summed E-state index contributed by atoms with van der Waals surface area (Å²) in [4.78, 5) is 26.7. The van der Waals surface area contributed by atoms with Gasteiger partial charge in [0.15, 0.2) is 0 Å². The van der Waals surface area contributed by atoms with Gasteiger partial charge in [0, 0.05) is 35.8 Å². The molecule has 1 aliphatic carbocycles. The van der Waals surface area contributed by atoms with Crippen LogP contribution in [-0.2, 0) is 22.6 Å². The van der Waals surface area contributed by atoms with Crippen LogP contribution in [0.3, 0.4) is 0 Å². The van der Waals surface area contributed by atoms with Gasteiger partial charge in [0.25, 0.3) is 0 Å². The predicted molar refractivity (Wildman–Crippen MR) is 103 cm³/mol. The molecule has 2 N–H and O–H groups in total. The normalized spacial score (nSPS) is 17.7. The van der Waals surface area contributed by atoms with Crippen molar-refractivity contribution in [3.05, 3.63) is 41.3 Å². The summed E-state index contributed by atoms with van der Waals surface area (Å²) < 4.78 is 14.2. The molecule has 1 aromatic heterocycles. The van der Waals surface area contributed by atoms with Crippen LogP contribution in [0.25, 0.3) is 11.3 Å². The number of nitrogens with one attached hydrogen (secondary N) is 2. The second-order valence-electron chi connectivity index (χ2n) is 7.65. The van der Waals surface area contributed by atoms with Crippen LogP contribution in [0.1, 0.15) is 49.8 Å². The lowest BCUT2D eigenvalue weighted by Crippen LogP contribution is -2.47. The first-order valence-corrected chi connectivity index (χ1v) is 10.0. The van der Waals surface area contributed by atoms with Gasteiger partial charge in [-0.05, 0) is 25.0 Å². The molecule has 0 bridgehead atoms. The first kappa shape index (κ1) is 18.7. The molecule has 1 fully saturated rings. The van der Waals surface area contributed by atoms with Crippen molar-refractivity contribution in [3.63, 3.8) is 0 Å². The molecular weight excluding hydrogens is 359 g/mol. The van der Waals surface area contributed by atoms with Gasteiger partial charge in [0.05, 0.1) is 6.54 Å². The van der Waals surface area contributed by atoms with E-state index in [1.165, 1.54) is 23.8 Å². The second-order valence-corrected chi connectivity index (χ2v) is 7.65. The molecule has 2 aliphatic rings. The van der Waals surface area contributed by atoms with Gasteiger partial charge in [0.1, 0.15) is 11.5 Å². The van der Waals surface area contributed by atoms with E-state index in [2.05, 4.69) is 15.5 Å². The Hall–Kier alpha value is -2.70. The Kier molecular flexibility index (Phi) is 5.41. The van der Waals surface area contributed by atoms with Gasteiger partial charge in [-0.1, -0.05) is 37.8 Å². The number of hydrogen-bond donors (Lipinski definition) is 2. The summed E-state index contributed by atoms with van der Waals surface area (Å²) in [6.07, 6.45) is 6.99. The Balaban J connectivity index is 1.47. The third-order valence-electron chi connectivity index (χ3n) is 5.73. The number of halogens is 1. The summed E-state index contributed by atoms with van der Waals surface area (Å²) in [5.74, 6) is -1.41. The zero-order valence-electron chi connectivity index (χ0n) is 15.8. The monoisotopic (exact) mass is 384 g/mol. The SMILES string of the molecule is O=C(NC1CCCCCC1)C(=O)N1CCc2[nH]nc(-c3ccccc3F)c2C1. The zero-order chi connectivity index (χ0) is 19.5. The fourth-order valence-electron chi connectivity index (χ4n) is 4.16. The topological polar surface area (TPSA) is 78.1 Å². The molecule has 6 nitrogen and oxygen atoms in total. The number of carbonyl (C=O) groups excluding carboxylic acids is 2. The number of amides is 2. The van der Waals surface area contributed by atoms with Crippen LogP contribution in [0, 0.1) is 5.82 Å². The van der Waals surface area contributed by atoms with Gasteiger partial charge in [-0.15, -0.1) is 0 Å². The van der Waals surface area contributed by atoms with Crippen LogP contribution in [0.2, 0.25) is 0 Å². The van der Waals surface area contributed by atoms with Crippen LogP contribution in [-0.4, -0.2) is 39.5 Å². The van der Waals surface area contributed by atoms with Gasteiger partial charge >= 0.3 is 11.8 Å². The lowest BCUT2D eigenvalue weighted by molar-refractivity contribution is -0.146. The van der Waals surface area contributed by atoms with E-state index in [1.807, 2.05) is 0 Å². The Morgan fingerprint density at radius 3 is 2.64 bits per heavy atom. The maximum Gasteiger partial charge on any atom is 0.312 e. The van der Waals surface area contributed by atoms with Crippen LogP contribution >= 0.6 is 0 Å². The van der Waals surface area contributed by atoms with E-state index in [-0.39, 0.29) is 18.4 Å². The van der Waals surface area contributed by atoms with Crippen LogP contribution in [0.5, 0.6) is 0 Å². The van der Waals surface area contributed by atoms with Crippen molar-refractivity contribution >= 4 is 11.8 Å². The molecule has 2 amide bonds. The van der Waals surface area contributed by atoms with E-state index >= 15 is 0 Å². The van der Waals surface area contributed by atoms with E-state index in [0.717, 1.165) is 36.9 Å². The van der Waals surface area contributed by atoms with E-state index in [4.69, 9.17) is 0 Å². The number of aromatic amines is 1. The van der Waals surface area contributed by atoms with Gasteiger partial charge in [-0.2, -0.15) is 5.10 Å². The number of nitrogens with zero attached hydrogens (tertiary/aromatic N) is 2. The first-order chi connectivity index (χ1) is 13.6. The fraction of sp³-hybridized carbons (Fsp3) is 0.476. The number of hydrogen-bond acceptors (Lipinski definition) is 3. The van der Waals surface area contributed by atoms with E-state index in [9.17, 15) is 14.0 Å². The molecule has 148 valence electrons. The maximum absolute atomic E-state index is 14.2. The van der Waals surface area contributed by atoms with E-state index in [1.54, 1.807) is 18.2 Å².